The Labute approximate surface area is 161 Å². The maximum Gasteiger partial charge on any atom is 0.317 e. The highest BCUT2D eigenvalue weighted by Gasteiger charge is 2.21. The van der Waals surface area contributed by atoms with Crippen molar-refractivity contribution in [2.45, 2.75) is 19.4 Å². The molecule has 1 aliphatic rings. The van der Waals surface area contributed by atoms with Gasteiger partial charge in [0.1, 0.15) is 0 Å². The van der Waals surface area contributed by atoms with Crippen molar-refractivity contribution >= 4 is 12.1 Å². The highest BCUT2D eigenvalue weighted by atomic mass is 16.2. The standard InChI is InChI=1S/C22H28N4O/c1-19(17-21-9-5-11-23-18-21)24-22(27)26-15-13-25(14-16-26)12-6-10-20-7-3-2-4-8-20/h2-11,18-19H,12-17H2,1H3,(H,24,27)/b10-6+. The molecule has 142 valence electrons. The van der Waals surface area contributed by atoms with Crippen molar-refractivity contribution in [1.82, 2.24) is 20.1 Å². The number of nitrogens with one attached hydrogen (secondary N) is 1. The fraction of sp³-hybridized carbons (Fsp3) is 0.364. The van der Waals surface area contributed by atoms with Crippen LogP contribution in [0.25, 0.3) is 6.08 Å². The molecule has 1 aliphatic heterocycles. The van der Waals surface area contributed by atoms with Crippen LogP contribution < -0.4 is 5.32 Å². The largest absolute Gasteiger partial charge is 0.335 e. The molecule has 1 aromatic carbocycles. The van der Waals surface area contributed by atoms with Crippen molar-refractivity contribution < 1.29 is 4.79 Å². The number of benzene rings is 1. The summed E-state index contributed by atoms with van der Waals surface area (Å²) in [6, 6.07) is 14.4. The predicted molar refractivity (Wildman–Crippen MR) is 109 cm³/mol. The fourth-order valence-corrected chi connectivity index (χ4v) is 3.26. The quantitative estimate of drug-likeness (QED) is 0.857. The number of hydrogen-bond acceptors (Lipinski definition) is 3. The van der Waals surface area contributed by atoms with Crippen LogP contribution >= 0.6 is 0 Å². The minimum atomic E-state index is 0.0332. The van der Waals surface area contributed by atoms with Gasteiger partial charge in [0.2, 0.25) is 0 Å². The van der Waals surface area contributed by atoms with E-state index in [-0.39, 0.29) is 12.1 Å². The molecule has 2 amide bonds. The van der Waals surface area contributed by atoms with Crippen LogP contribution in [0.3, 0.4) is 0 Å². The van der Waals surface area contributed by atoms with Crippen LogP contribution in [0.1, 0.15) is 18.1 Å². The summed E-state index contributed by atoms with van der Waals surface area (Å²) in [5.41, 5.74) is 2.36. The van der Waals surface area contributed by atoms with E-state index in [1.54, 1.807) is 6.20 Å². The third-order valence-corrected chi connectivity index (χ3v) is 4.77. The number of rotatable bonds is 6. The number of carbonyl (C=O) groups is 1. The second-order valence-corrected chi connectivity index (χ2v) is 7.02. The molecule has 0 aliphatic carbocycles. The van der Waals surface area contributed by atoms with Crippen LogP contribution in [0.15, 0.2) is 60.9 Å². The van der Waals surface area contributed by atoms with Crippen LogP contribution in [0.4, 0.5) is 4.79 Å². The molecule has 1 unspecified atom stereocenters. The predicted octanol–water partition coefficient (Wildman–Crippen LogP) is 3.05. The van der Waals surface area contributed by atoms with Crippen molar-refractivity contribution in [3.05, 3.63) is 72.1 Å². The van der Waals surface area contributed by atoms with Gasteiger partial charge in [0, 0.05) is 51.2 Å². The van der Waals surface area contributed by atoms with E-state index < -0.39 is 0 Å². The summed E-state index contributed by atoms with van der Waals surface area (Å²) in [6.07, 6.45) is 8.76. The van der Waals surface area contributed by atoms with Gasteiger partial charge in [-0.15, -0.1) is 0 Å². The van der Waals surface area contributed by atoms with Crippen LogP contribution in [-0.2, 0) is 6.42 Å². The van der Waals surface area contributed by atoms with Crippen LogP contribution in [-0.4, -0.2) is 59.6 Å². The molecule has 2 heterocycles. The summed E-state index contributed by atoms with van der Waals surface area (Å²) < 4.78 is 0. The Balaban J connectivity index is 1.38. The molecular weight excluding hydrogens is 336 g/mol. The summed E-state index contributed by atoms with van der Waals surface area (Å²) in [6.45, 7) is 6.31. The maximum atomic E-state index is 12.5. The van der Waals surface area contributed by atoms with Gasteiger partial charge in [-0.3, -0.25) is 9.88 Å². The lowest BCUT2D eigenvalue weighted by atomic mass is 10.1. The van der Waals surface area contributed by atoms with Crippen LogP contribution in [0.2, 0.25) is 0 Å². The van der Waals surface area contributed by atoms with Gasteiger partial charge in [-0.25, -0.2) is 4.79 Å². The summed E-state index contributed by atoms with van der Waals surface area (Å²) >= 11 is 0. The number of carbonyl (C=O) groups excluding carboxylic acids is 1. The molecule has 1 aromatic heterocycles. The van der Waals surface area contributed by atoms with E-state index in [1.807, 2.05) is 48.4 Å². The van der Waals surface area contributed by atoms with Crippen molar-refractivity contribution in [3.8, 4) is 0 Å². The van der Waals surface area contributed by atoms with Gasteiger partial charge in [0.15, 0.2) is 0 Å². The molecule has 0 bridgehead atoms. The first-order valence-electron chi connectivity index (χ1n) is 9.59. The third-order valence-electron chi connectivity index (χ3n) is 4.77. The van der Waals surface area contributed by atoms with Gasteiger partial charge in [-0.05, 0) is 30.5 Å². The number of aromatic nitrogens is 1. The average molecular weight is 364 g/mol. The molecular formula is C22H28N4O. The zero-order valence-electron chi connectivity index (χ0n) is 15.9. The van der Waals surface area contributed by atoms with Crippen molar-refractivity contribution in [1.29, 1.82) is 0 Å². The minimum absolute atomic E-state index is 0.0332. The topological polar surface area (TPSA) is 48.5 Å². The molecule has 0 saturated carbocycles. The van der Waals surface area contributed by atoms with Crippen molar-refractivity contribution in [2.24, 2.45) is 0 Å². The normalized spacial score (nSPS) is 16.4. The highest BCUT2D eigenvalue weighted by molar-refractivity contribution is 5.74. The lowest BCUT2D eigenvalue weighted by molar-refractivity contribution is 0.145. The molecule has 0 spiro atoms. The number of urea groups is 1. The fourth-order valence-electron chi connectivity index (χ4n) is 3.26. The van der Waals surface area contributed by atoms with Crippen molar-refractivity contribution in [2.75, 3.05) is 32.7 Å². The maximum absolute atomic E-state index is 12.5. The van der Waals surface area contributed by atoms with E-state index in [9.17, 15) is 4.79 Å². The highest BCUT2D eigenvalue weighted by Crippen LogP contribution is 2.06. The lowest BCUT2D eigenvalue weighted by Crippen LogP contribution is -2.53. The lowest BCUT2D eigenvalue weighted by Gasteiger charge is -2.34. The molecule has 5 heteroatoms. The minimum Gasteiger partial charge on any atom is -0.335 e. The number of amides is 2. The van der Waals surface area contributed by atoms with Crippen LogP contribution in [0.5, 0.6) is 0 Å². The summed E-state index contributed by atoms with van der Waals surface area (Å²) in [5.74, 6) is 0. The third kappa shape index (κ3) is 6.22. The Morgan fingerprint density at radius 1 is 1.15 bits per heavy atom. The number of piperazine rings is 1. The van der Waals surface area contributed by atoms with E-state index in [4.69, 9.17) is 0 Å². The van der Waals surface area contributed by atoms with E-state index in [1.165, 1.54) is 5.56 Å². The Bertz CT molecular complexity index is 724. The second kappa shape index (κ2) is 9.88. The Hall–Kier alpha value is -2.66. The molecule has 1 atom stereocenters. The molecule has 1 fully saturated rings. The Kier molecular flexibility index (Phi) is 6.99. The van der Waals surface area contributed by atoms with Crippen LogP contribution in [0, 0.1) is 0 Å². The summed E-state index contributed by atoms with van der Waals surface area (Å²) in [7, 11) is 0. The van der Waals surface area contributed by atoms with E-state index in [0.717, 1.165) is 44.7 Å². The molecule has 1 N–H and O–H groups in total. The van der Waals surface area contributed by atoms with Gasteiger partial charge in [0.25, 0.3) is 0 Å². The molecule has 0 radical (unpaired) electrons. The average Bonchev–Trinajstić information content (AvgIpc) is 2.70. The van der Waals surface area contributed by atoms with E-state index in [0.29, 0.717) is 0 Å². The Morgan fingerprint density at radius 3 is 2.63 bits per heavy atom. The monoisotopic (exact) mass is 364 g/mol. The molecule has 3 rings (SSSR count). The molecule has 2 aromatic rings. The van der Waals surface area contributed by atoms with Gasteiger partial charge in [-0.1, -0.05) is 48.6 Å². The van der Waals surface area contributed by atoms with E-state index >= 15 is 0 Å². The Morgan fingerprint density at radius 2 is 1.93 bits per heavy atom. The smallest absolute Gasteiger partial charge is 0.317 e. The van der Waals surface area contributed by atoms with Crippen molar-refractivity contribution in [3.63, 3.8) is 0 Å². The second-order valence-electron chi connectivity index (χ2n) is 7.02. The van der Waals surface area contributed by atoms with Gasteiger partial charge in [-0.2, -0.15) is 0 Å². The van der Waals surface area contributed by atoms with Gasteiger partial charge >= 0.3 is 6.03 Å². The molecule has 5 nitrogen and oxygen atoms in total. The van der Waals surface area contributed by atoms with Gasteiger partial charge < -0.3 is 10.2 Å². The zero-order valence-corrected chi connectivity index (χ0v) is 15.9. The number of nitrogens with zero attached hydrogens (tertiary/aromatic N) is 3. The summed E-state index contributed by atoms with van der Waals surface area (Å²) in [4.78, 5) is 20.9. The first kappa shape index (κ1) is 19.1. The summed E-state index contributed by atoms with van der Waals surface area (Å²) in [5, 5.41) is 3.10. The zero-order chi connectivity index (χ0) is 18.9. The SMILES string of the molecule is CC(Cc1cccnc1)NC(=O)N1CCN(C/C=C/c2ccccc2)CC1. The van der Waals surface area contributed by atoms with Gasteiger partial charge in [0.05, 0.1) is 0 Å². The number of pyridine rings is 1. The number of hydrogen-bond donors (Lipinski definition) is 1. The molecule has 1 saturated heterocycles. The van der Waals surface area contributed by atoms with E-state index in [2.05, 4.69) is 39.5 Å². The first-order chi connectivity index (χ1) is 13.2. The molecule has 27 heavy (non-hydrogen) atoms. The first-order valence-corrected chi connectivity index (χ1v) is 9.59.